The summed E-state index contributed by atoms with van der Waals surface area (Å²) in [6.07, 6.45) is 4.21. The molecule has 0 amide bonds. The van der Waals surface area contributed by atoms with Gasteiger partial charge in [-0.2, -0.15) is 5.10 Å². The molecular formula is C9H17N3O. The summed E-state index contributed by atoms with van der Waals surface area (Å²) in [5.74, 6) is 0.535. The first-order valence-corrected chi connectivity index (χ1v) is 4.66. The third-order valence-corrected chi connectivity index (χ3v) is 2.01. The van der Waals surface area contributed by atoms with Crippen LogP contribution in [0.3, 0.4) is 0 Å². The number of rotatable bonds is 5. The molecule has 4 heteroatoms. The summed E-state index contributed by atoms with van der Waals surface area (Å²) in [7, 11) is 0. The van der Waals surface area contributed by atoms with E-state index in [0.29, 0.717) is 18.7 Å². The summed E-state index contributed by atoms with van der Waals surface area (Å²) in [6, 6.07) is 1.76. The normalized spacial score (nSPS) is 11.0. The monoisotopic (exact) mass is 183 g/mol. The van der Waals surface area contributed by atoms with Crippen LogP contribution >= 0.6 is 0 Å². The smallest absolute Gasteiger partial charge is 0.145 e. The van der Waals surface area contributed by atoms with E-state index in [1.165, 1.54) is 0 Å². The lowest BCUT2D eigenvalue weighted by molar-refractivity contribution is -0.00247. The van der Waals surface area contributed by atoms with Crippen molar-refractivity contribution < 1.29 is 4.74 Å². The minimum atomic E-state index is 0.324. The maximum Gasteiger partial charge on any atom is 0.145 e. The van der Waals surface area contributed by atoms with Crippen LogP contribution in [-0.2, 0) is 11.5 Å². The first-order chi connectivity index (χ1) is 6.26. The van der Waals surface area contributed by atoms with E-state index in [1.807, 2.05) is 6.20 Å². The molecule has 1 heterocycles. The number of nitrogen functional groups attached to an aromatic ring is 1. The number of nitrogens with zero attached hydrogens (tertiary/aromatic N) is 2. The molecular weight excluding hydrogens is 166 g/mol. The Morgan fingerprint density at radius 3 is 2.69 bits per heavy atom. The van der Waals surface area contributed by atoms with Crippen LogP contribution in [0.1, 0.15) is 26.7 Å². The number of hydrogen-bond donors (Lipinski definition) is 1. The number of aromatic nitrogens is 2. The van der Waals surface area contributed by atoms with Gasteiger partial charge in [-0.15, -0.1) is 0 Å². The molecule has 0 aliphatic rings. The average molecular weight is 183 g/mol. The molecule has 1 aromatic heterocycles. The van der Waals surface area contributed by atoms with Crippen LogP contribution in [0, 0.1) is 0 Å². The van der Waals surface area contributed by atoms with Gasteiger partial charge in [0.05, 0.1) is 6.10 Å². The Morgan fingerprint density at radius 2 is 2.23 bits per heavy atom. The maximum atomic E-state index is 5.58. The number of hydrogen-bond acceptors (Lipinski definition) is 3. The largest absolute Gasteiger partial charge is 0.382 e. The minimum absolute atomic E-state index is 0.324. The number of anilines is 1. The fraction of sp³-hybridized carbons (Fsp3) is 0.667. The van der Waals surface area contributed by atoms with E-state index in [9.17, 15) is 0 Å². The van der Waals surface area contributed by atoms with Crippen LogP contribution in [0.15, 0.2) is 12.3 Å². The summed E-state index contributed by atoms with van der Waals surface area (Å²) in [5, 5.41) is 4.02. The van der Waals surface area contributed by atoms with Crippen LogP contribution < -0.4 is 5.73 Å². The van der Waals surface area contributed by atoms with Gasteiger partial charge < -0.3 is 10.5 Å². The SMILES string of the molecule is CCC(CC)OCn1ccc(N)n1. The molecule has 0 fully saturated rings. The van der Waals surface area contributed by atoms with Crippen LogP contribution in [0.2, 0.25) is 0 Å². The van der Waals surface area contributed by atoms with Crippen LogP contribution in [0.5, 0.6) is 0 Å². The molecule has 74 valence electrons. The van der Waals surface area contributed by atoms with Gasteiger partial charge in [0, 0.05) is 12.3 Å². The highest BCUT2D eigenvalue weighted by molar-refractivity contribution is 5.23. The van der Waals surface area contributed by atoms with Gasteiger partial charge in [0.25, 0.3) is 0 Å². The Kier molecular flexibility index (Phi) is 3.76. The maximum absolute atomic E-state index is 5.58. The highest BCUT2D eigenvalue weighted by Gasteiger charge is 2.03. The molecule has 0 aliphatic carbocycles. The van der Waals surface area contributed by atoms with Crippen molar-refractivity contribution in [2.45, 2.75) is 39.5 Å². The predicted octanol–water partition coefficient (Wildman–Crippen LogP) is 1.63. The lowest BCUT2D eigenvalue weighted by atomic mass is 10.2. The third-order valence-electron chi connectivity index (χ3n) is 2.01. The molecule has 1 rings (SSSR count). The molecule has 0 atom stereocenters. The highest BCUT2D eigenvalue weighted by atomic mass is 16.5. The zero-order valence-corrected chi connectivity index (χ0v) is 8.23. The van der Waals surface area contributed by atoms with E-state index in [-0.39, 0.29) is 0 Å². The summed E-state index contributed by atoms with van der Waals surface area (Å²) in [4.78, 5) is 0. The second-order valence-electron chi connectivity index (χ2n) is 3.01. The van der Waals surface area contributed by atoms with E-state index in [0.717, 1.165) is 12.8 Å². The molecule has 0 radical (unpaired) electrons. The fourth-order valence-corrected chi connectivity index (χ4v) is 1.16. The Labute approximate surface area is 78.7 Å². The fourth-order valence-electron chi connectivity index (χ4n) is 1.16. The van der Waals surface area contributed by atoms with Crippen molar-refractivity contribution in [1.29, 1.82) is 0 Å². The molecule has 0 unspecified atom stereocenters. The zero-order chi connectivity index (χ0) is 9.68. The van der Waals surface area contributed by atoms with Gasteiger partial charge in [0.1, 0.15) is 12.5 Å². The summed E-state index contributed by atoms with van der Waals surface area (Å²) in [6.45, 7) is 4.72. The molecule has 0 saturated carbocycles. The summed E-state index contributed by atoms with van der Waals surface area (Å²) in [5.41, 5.74) is 5.46. The van der Waals surface area contributed by atoms with E-state index in [2.05, 4.69) is 18.9 Å². The Balaban J connectivity index is 2.33. The predicted molar refractivity (Wildman–Crippen MR) is 52.1 cm³/mol. The van der Waals surface area contributed by atoms with Crippen molar-refractivity contribution in [3.05, 3.63) is 12.3 Å². The second kappa shape index (κ2) is 4.87. The molecule has 0 aromatic carbocycles. The molecule has 1 aromatic rings. The lowest BCUT2D eigenvalue weighted by Gasteiger charge is -2.13. The molecule has 0 saturated heterocycles. The van der Waals surface area contributed by atoms with Crippen molar-refractivity contribution in [3.63, 3.8) is 0 Å². The molecule has 0 spiro atoms. The lowest BCUT2D eigenvalue weighted by Crippen LogP contribution is -2.13. The van der Waals surface area contributed by atoms with Crippen LogP contribution in [0.25, 0.3) is 0 Å². The van der Waals surface area contributed by atoms with Crippen molar-refractivity contribution in [2.75, 3.05) is 5.73 Å². The first-order valence-electron chi connectivity index (χ1n) is 4.66. The second-order valence-corrected chi connectivity index (χ2v) is 3.01. The summed E-state index contributed by atoms with van der Waals surface area (Å²) >= 11 is 0. The Hall–Kier alpha value is -1.03. The van der Waals surface area contributed by atoms with Crippen molar-refractivity contribution in [1.82, 2.24) is 9.78 Å². The quantitative estimate of drug-likeness (QED) is 0.754. The average Bonchev–Trinajstić information content (AvgIpc) is 2.53. The van der Waals surface area contributed by atoms with Gasteiger partial charge in [-0.05, 0) is 12.8 Å². The van der Waals surface area contributed by atoms with Crippen molar-refractivity contribution in [2.24, 2.45) is 0 Å². The standard InChI is InChI=1S/C9H17N3O/c1-3-8(4-2)13-7-12-6-5-9(10)11-12/h5-6,8H,3-4,7H2,1-2H3,(H2,10,11). The minimum Gasteiger partial charge on any atom is -0.382 e. The van der Waals surface area contributed by atoms with E-state index < -0.39 is 0 Å². The topological polar surface area (TPSA) is 53.1 Å². The first kappa shape index (κ1) is 10.1. The Bertz CT molecular complexity index is 243. The third kappa shape index (κ3) is 3.06. The van der Waals surface area contributed by atoms with Gasteiger partial charge >= 0.3 is 0 Å². The van der Waals surface area contributed by atoms with Crippen molar-refractivity contribution in [3.8, 4) is 0 Å². The molecule has 0 bridgehead atoms. The zero-order valence-electron chi connectivity index (χ0n) is 8.23. The Morgan fingerprint density at radius 1 is 1.54 bits per heavy atom. The van der Waals surface area contributed by atoms with Crippen LogP contribution in [0.4, 0.5) is 5.82 Å². The highest BCUT2D eigenvalue weighted by Crippen LogP contribution is 2.04. The molecule has 13 heavy (non-hydrogen) atoms. The molecule has 4 nitrogen and oxygen atoms in total. The van der Waals surface area contributed by atoms with Gasteiger partial charge in [0.15, 0.2) is 0 Å². The van der Waals surface area contributed by atoms with Crippen molar-refractivity contribution >= 4 is 5.82 Å². The number of nitrogens with two attached hydrogens (primary N) is 1. The molecule has 0 aliphatic heterocycles. The number of ether oxygens (including phenoxy) is 1. The van der Waals surface area contributed by atoms with Gasteiger partial charge in [0.2, 0.25) is 0 Å². The summed E-state index contributed by atoms with van der Waals surface area (Å²) < 4.78 is 7.29. The van der Waals surface area contributed by atoms with Gasteiger partial charge in [-0.1, -0.05) is 13.8 Å². The van der Waals surface area contributed by atoms with Crippen LogP contribution in [-0.4, -0.2) is 15.9 Å². The van der Waals surface area contributed by atoms with E-state index >= 15 is 0 Å². The molecule has 2 N–H and O–H groups in total. The van der Waals surface area contributed by atoms with E-state index in [4.69, 9.17) is 10.5 Å². The van der Waals surface area contributed by atoms with Gasteiger partial charge in [-0.25, -0.2) is 4.68 Å². The van der Waals surface area contributed by atoms with Gasteiger partial charge in [-0.3, -0.25) is 0 Å². The van der Waals surface area contributed by atoms with E-state index in [1.54, 1.807) is 10.7 Å².